The van der Waals surface area contributed by atoms with Crippen LogP contribution in [0.4, 0.5) is 0 Å². The first-order valence-electron chi connectivity index (χ1n) is 8.29. The largest absolute Gasteiger partial charge is 0.478 e. The lowest BCUT2D eigenvalue weighted by atomic mass is 10.1. The number of pyridine rings is 1. The minimum absolute atomic E-state index is 0.0418. The fraction of sp³-hybridized carbons (Fsp3) is 0.263. The maximum Gasteiger partial charge on any atom is 0.335 e. The normalized spacial score (nSPS) is 16.5. The van der Waals surface area contributed by atoms with E-state index in [-0.39, 0.29) is 29.7 Å². The van der Waals surface area contributed by atoms with E-state index in [2.05, 4.69) is 10.3 Å². The summed E-state index contributed by atoms with van der Waals surface area (Å²) in [6.45, 7) is 1.14. The van der Waals surface area contributed by atoms with Crippen LogP contribution in [0.3, 0.4) is 0 Å². The minimum atomic E-state index is -0.987. The molecule has 1 saturated heterocycles. The Labute approximate surface area is 150 Å². The fourth-order valence-corrected chi connectivity index (χ4v) is 2.91. The van der Waals surface area contributed by atoms with Crippen LogP contribution in [-0.4, -0.2) is 39.3 Å². The van der Waals surface area contributed by atoms with Crippen LogP contribution >= 0.6 is 0 Å². The third-order valence-electron chi connectivity index (χ3n) is 4.35. The van der Waals surface area contributed by atoms with Gasteiger partial charge in [0.25, 0.3) is 0 Å². The van der Waals surface area contributed by atoms with Gasteiger partial charge in [-0.25, -0.2) is 4.79 Å². The lowest BCUT2D eigenvalue weighted by Gasteiger charge is -2.16. The first-order valence-corrected chi connectivity index (χ1v) is 8.29. The molecule has 1 fully saturated rings. The molecule has 0 aliphatic carbocycles. The Morgan fingerprint density at radius 1 is 1.19 bits per heavy atom. The molecule has 134 valence electrons. The Balaban J connectivity index is 1.52. The molecule has 2 heterocycles. The van der Waals surface area contributed by atoms with Gasteiger partial charge in [0.15, 0.2) is 0 Å². The number of hydrogen-bond acceptors (Lipinski definition) is 4. The molecule has 1 aliphatic rings. The Hall–Kier alpha value is -3.22. The van der Waals surface area contributed by atoms with Crippen molar-refractivity contribution in [1.29, 1.82) is 0 Å². The smallest absolute Gasteiger partial charge is 0.335 e. The number of aromatic nitrogens is 1. The number of carboxylic acid groups (broad SMARTS) is 1. The maximum absolute atomic E-state index is 12.3. The molecule has 2 aromatic rings. The molecule has 1 unspecified atom stereocenters. The van der Waals surface area contributed by atoms with Crippen molar-refractivity contribution in [2.24, 2.45) is 5.92 Å². The predicted octanol–water partition coefficient (Wildman–Crippen LogP) is 1.44. The third kappa shape index (κ3) is 4.24. The second-order valence-corrected chi connectivity index (χ2v) is 6.26. The quantitative estimate of drug-likeness (QED) is 0.819. The molecule has 0 saturated carbocycles. The van der Waals surface area contributed by atoms with Gasteiger partial charge in [0.05, 0.1) is 11.5 Å². The topological polar surface area (TPSA) is 99.6 Å². The standard InChI is InChI=1S/C19H19N3O4/c23-17-8-16(12-22(17)11-14-2-1-7-20-9-14)18(24)21-10-13-3-5-15(6-4-13)19(25)26/h1-7,9,16H,8,10-12H2,(H,21,24)(H,25,26). The molecule has 26 heavy (non-hydrogen) atoms. The highest BCUT2D eigenvalue weighted by Gasteiger charge is 2.34. The van der Waals surface area contributed by atoms with E-state index in [1.54, 1.807) is 29.4 Å². The van der Waals surface area contributed by atoms with Crippen LogP contribution in [0, 0.1) is 5.92 Å². The summed E-state index contributed by atoms with van der Waals surface area (Å²) < 4.78 is 0. The van der Waals surface area contributed by atoms with Gasteiger partial charge in [0, 0.05) is 38.4 Å². The van der Waals surface area contributed by atoms with Crippen LogP contribution in [-0.2, 0) is 22.7 Å². The summed E-state index contributed by atoms with van der Waals surface area (Å²) in [6.07, 6.45) is 3.58. The Morgan fingerprint density at radius 2 is 1.96 bits per heavy atom. The maximum atomic E-state index is 12.3. The third-order valence-corrected chi connectivity index (χ3v) is 4.35. The molecular weight excluding hydrogens is 334 g/mol. The van der Waals surface area contributed by atoms with Gasteiger partial charge in [-0.1, -0.05) is 18.2 Å². The van der Waals surface area contributed by atoms with Gasteiger partial charge in [0.1, 0.15) is 0 Å². The summed E-state index contributed by atoms with van der Waals surface area (Å²) in [5, 5.41) is 11.7. The summed E-state index contributed by atoms with van der Waals surface area (Å²) in [7, 11) is 0. The van der Waals surface area contributed by atoms with Gasteiger partial charge >= 0.3 is 5.97 Å². The highest BCUT2D eigenvalue weighted by atomic mass is 16.4. The molecule has 3 rings (SSSR count). The SMILES string of the molecule is O=C(O)c1ccc(CNC(=O)C2CC(=O)N(Cc3cccnc3)C2)cc1. The van der Waals surface area contributed by atoms with E-state index >= 15 is 0 Å². The van der Waals surface area contributed by atoms with Gasteiger partial charge in [0.2, 0.25) is 11.8 Å². The molecule has 0 bridgehead atoms. The zero-order chi connectivity index (χ0) is 18.5. The monoisotopic (exact) mass is 353 g/mol. The van der Waals surface area contributed by atoms with Crippen molar-refractivity contribution in [3.05, 3.63) is 65.5 Å². The van der Waals surface area contributed by atoms with E-state index in [4.69, 9.17) is 5.11 Å². The van der Waals surface area contributed by atoms with Crippen LogP contribution in [0.1, 0.15) is 27.9 Å². The molecule has 7 nitrogen and oxygen atoms in total. The second-order valence-electron chi connectivity index (χ2n) is 6.26. The fourth-order valence-electron chi connectivity index (χ4n) is 2.91. The van der Waals surface area contributed by atoms with Gasteiger partial charge in [-0.05, 0) is 29.3 Å². The Kier molecular flexibility index (Phi) is 5.26. The average molecular weight is 353 g/mol. The zero-order valence-corrected chi connectivity index (χ0v) is 14.1. The number of nitrogens with one attached hydrogen (secondary N) is 1. The van der Waals surface area contributed by atoms with Crippen molar-refractivity contribution in [1.82, 2.24) is 15.2 Å². The van der Waals surface area contributed by atoms with Gasteiger partial charge < -0.3 is 15.3 Å². The molecule has 0 radical (unpaired) electrons. The van der Waals surface area contributed by atoms with Crippen LogP contribution < -0.4 is 5.32 Å². The van der Waals surface area contributed by atoms with E-state index < -0.39 is 5.97 Å². The Morgan fingerprint density at radius 3 is 2.62 bits per heavy atom. The number of nitrogens with zero attached hydrogens (tertiary/aromatic N) is 2. The highest BCUT2D eigenvalue weighted by Crippen LogP contribution is 2.20. The highest BCUT2D eigenvalue weighted by molar-refractivity contribution is 5.89. The Bertz CT molecular complexity index is 805. The summed E-state index contributed by atoms with van der Waals surface area (Å²) in [6, 6.07) is 10.0. The van der Waals surface area contributed by atoms with Crippen molar-refractivity contribution in [3.8, 4) is 0 Å². The van der Waals surface area contributed by atoms with Crippen LogP contribution in [0.5, 0.6) is 0 Å². The van der Waals surface area contributed by atoms with Crippen LogP contribution in [0.25, 0.3) is 0 Å². The number of benzene rings is 1. The first kappa shape index (κ1) is 17.6. The summed E-state index contributed by atoms with van der Waals surface area (Å²) >= 11 is 0. The summed E-state index contributed by atoms with van der Waals surface area (Å²) in [5.74, 6) is -1.58. The summed E-state index contributed by atoms with van der Waals surface area (Å²) in [4.78, 5) is 41.0. The van der Waals surface area contributed by atoms with E-state index in [9.17, 15) is 14.4 Å². The molecule has 0 spiro atoms. The number of likely N-dealkylation sites (tertiary alicyclic amines) is 1. The second kappa shape index (κ2) is 7.77. The van der Waals surface area contributed by atoms with Gasteiger partial charge in [-0.3, -0.25) is 14.6 Å². The molecule has 2 amide bonds. The minimum Gasteiger partial charge on any atom is -0.478 e. The van der Waals surface area contributed by atoms with Crippen LogP contribution in [0.2, 0.25) is 0 Å². The van der Waals surface area contributed by atoms with E-state index in [0.29, 0.717) is 19.6 Å². The van der Waals surface area contributed by atoms with E-state index in [1.165, 1.54) is 12.1 Å². The van der Waals surface area contributed by atoms with Gasteiger partial charge in [-0.2, -0.15) is 0 Å². The van der Waals surface area contributed by atoms with Crippen molar-refractivity contribution >= 4 is 17.8 Å². The van der Waals surface area contributed by atoms with Crippen molar-refractivity contribution in [3.63, 3.8) is 0 Å². The van der Waals surface area contributed by atoms with E-state index in [1.807, 2.05) is 12.1 Å². The lowest BCUT2D eigenvalue weighted by molar-refractivity contribution is -0.129. The molecular formula is C19H19N3O4. The predicted molar refractivity (Wildman–Crippen MR) is 93.0 cm³/mol. The molecule has 7 heteroatoms. The number of carbonyl (C=O) groups is 3. The van der Waals surface area contributed by atoms with E-state index in [0.717, 1.165) is 11.1 Å². The lowest BCUT2D eigenvalue weighted by Crippen LogP contribution is -2.32. The molecule has 1 aromatic carbocycles. The molecule has 1 aliphatic heterocycles. The van der Waals surface area contributed by atoms with Crippen molar-refractivity contribution < 1.29 is 19.5 Å². The van der Waals surface area contributed by atoms with Crippen molar-refractivity contribution in [2.75, 3.05) is 6.54 Å². The number of carboxylic acids is 1. The van der Waals surface area contributed by atoms with Crippen molar-refractivity contribution in [2.45, 2.75) is 19.5 Å². The number of hydrogen-bond donors (Lipinski definition) is 2. The molecule has 1 atom stereocenters. The van der Waals surface area contributed by atoms with Crippen LogP contribution in [0.15, 0.2) is 48.8 Å². The average Bonchev–Trinajstić information content (AvgIpc) is 3.01. The molecule has 2 N–H and O–H groups in total. The summed E-state index contributed by atoms with van der Waals surface area (Å²) in [5.41, 5.74) is 1.94. The zero-order valence-electron chi connectivity index (χ0n) is 14.1. The number of rotatable bonds is 6. The number of aromatic carboxylic acids is 1. The van der Waals surface area contributed by atoms with Gasteiger partial charge in [-0.15, -0.1) is 0 Å². The molecule has 1 aromatic heterocycles. The number of carbonyl (C=O) groups excluding carboxylic acids is 2. The number of amides is 2. The first-order chi connectivity index (χ1) is 12.5.